The van der Waals surface area contributed by atoms with Gasteiger partial charge in [0.25, 0.3) is 0 Å². The maximum Gasteiger partial charge on any atom is 0.441 e. The smallest absolute Gasteiger partial charge is 0.379 e. The molecule has 0 unspecified atom stereocenters. The molecule has 14 heavy (non-hydrogen) atoms. The van der Waals surface area contributed by atoms with Gasteiger partial charge in [-0.25, -0.2) is 0 Å². The Labute approximate surface area is 86.6 Å². The maximum absolute atomic E-state index is 11.6. The lowest BCUT2D eigenvalue weighted by Crippen LogP contribution is -2.27. The fourth-order valence-corrected chi connectivity index (χ4v) is 1.17. The Balaban J connectivity index is 3.07. The second kappa shape index (κ2) is 7.36. The predicted molar refractivity (Wildman–Crippen MR) is 52.5 cm³/mol. The zero-order valence-corrected chi connectivity index (χ0v) is 9.17. The van der Waals surface area contributed by atoms with Crippen molar-refractivity contribution in [2.45, 2.75) is 25.4 Å². The topological polar surface area (TPSA) is 21.3 Å². The van der Waals surface area contributed by atoms with Crippen molar-refractivity contribution in [1.29, 1.82) is 0 Å². The lowest BCUT2D eigenvalue weighted by molar-refractivity contribution is -0.0331. The molecule has 0 heterocycles. The number of halogens is 3. The first-order valence-corrected chi connectivity index (χ1v) is 5.42. The van der Waals surface area contributed by atoms with Crippen LogP contribution in [0.4, 0.5) is 13.2 Å². The van der Waals surface area contributed by atoms with E-state index in [4.69, 9.17) is 4.74 Å². The molecule has 0 aromatic heterocycles. The molecule has 0 aromatic carbocycles. The monoisotopic (exact) mass is 231 g/mol. The van der Waals surface area contributed by atoms with Gasteiger partial charge in [0.05, 0.1) is 13.2 Å². The van der Waals surface area contributed by atoms with Crippen LogP contribution in [0.3, 0.4) is 0 Å². The highest BCUT2D eigenvalue weighted by Crippen LogP contribution is 2.29. The third-order valence-electron chi connectivity index (χ3n) is 1.29. The normalized spacial score (nSPS) is 12.4. The first-order valence-electron chi connectivity index (χ1n) is 4.43. The summed E-state index contributed by atoms with van der Waals surface area (Å²) < 4.78 is 39.9. The zero-order valence-electron chi connectivity index (χ0n) is 8.36. The minimum atomic E-state index is -4.14. The van der Waals surface area contributed by atoms with Crippen LogP contribution in [0.5, 0.6) is 0 Å². The largest absolute Gasteiger partial charge is 0.441 e. The van der Waals surface area contributed by atoms with E-state index < -0.39 is 5.51 Å². The second-order valence-electron chi connectivity index (χ2n) is 3.02. The molecule has 0 rings (SSSR count). The number of hydrogen-bond acceptors (Lipinski definition) is 3. The van der Waals surface area contributed by atoms with E-state index in [0.29, 0.717) is 19.2 Å². The standard InChI is InChI=1S/C8H16F3NOS/c1-7(2)12-3-4-13-5-6-14-8(9,10)11/h7,12H,3-6H2,1-2H3. The van der Waals surface area contributed by atoms with Crippen molar-refractivity contribution in [2.24, 2.45) is 0 Å². The van der Waals surface area contributed by atoms with Crippen LogP contribution in [0.2, 0.25) is 0 Å². The number of nitrogens with one attached hydrogen (secondary N) is 1. The summed E-state index contributed by atoms with van der Waals surface area (Å²) in [4.78, 5) is 0. The van der Waals surface area contributed by atoms with Crippen LogP contribution in [0.1, 0.15) is 13.8 Å². The number of rotatable bonds is 7. The minimum Gasteiger partial charge on any atom is -0.379 e. The Bertz CT molecular complexity index is 141. The van der Waals surface area contributed by atoms with E-state index >= 15 is 0 Å². The van der Waals surface area contributed by atoms with E-state index in [1.807, 2.05) is 13.8 Å². The van der Waals surface area contributed by atoms with Crippen molar-refractivity contribution >= 4 is 11.8 Å². The third-order valence-corrected chi connectivity index (χ3v) is 1.99. The van der Waals surface area contributed by atoms with Crippen LogP contribution in [-0.4, -0.2) is 37.1 Å². The Morgan fingerprint density at radius 2 is 1.93 bits per heavy atom. The Morgan fingerprint density at radius 3 is 2.43 bits per heavy atom. The predicted octanol–water partition coefficient (Wildman–Crippen LogP) is 2.25. The van der Waals surface area contributed by atoms with Gasteiger partial charge in [0, 0.05) is 18.3 Å². The van der Waals surface area contributed by atoms with Gasteiger partial charge in [-0.1, -0.05) is 13.8 Å². The molecule has 86 valence electrons. The molecule has 1 N–H and O–H groups in total. The summed E-state index contributed by atoms with van der Waals surface area (Å²) in [6.07, 6.45) is 0. The lowest BCUT2D eigenvalue weighted by Gasteiger charge is -2.09. The second-order valence-corrected chi connectivity index (χ2v) is 4.18. The van der Waals surface area contributed by atoms with Crippen LogP contribution in [0.15, 0.2) is 0 Å². The van der Waals surface area contributed by atoms with Gasteiger partial charge in [-0.3, -0.25) is 0 Å². The molecular formula is C8H16F3NOS. The van der Waals surface area contributed by atoms with Crippen molar-refractivity contribution in [1.82, 2.24) is 5.32 Å². The Hall–Kier alpha value is 0.0600. The van der Waals surface area contributed by atoms with E-state index in [0.717, 1.165) is 0 Å². The summed E-state index contributed by atoms with van der Waals surface area (Å²) >= 11 is -0.0475. The minimum absolute atomic E-state index is 0.0365. The summed E-state index contributed by atoms with van der Waals surface area (Å²) in [5.74, 6) is -0.0365. The zero-order chi connectivity index (χ0) is 11.0. The molecule has 0 fully saturated rings. The lowest BCUT2D eigenvalue weighted by atomic mass is 10.4. The summed E-state index contributed by atoms with van der Waals surface area (Å²) in [6, 6.07) is 0.378. The first kappa shape index (κ1) is 14.1. The molecule has 0 bridgehead atoms. The van der Waals surface area contributed by atoms with Gasteiger partial charge < -0.3 is 10.1 Å². The van der Waals surface area contributed by atoms with Gasteiger partial charge >= 0.3 is 5.51 Å². The fraction of sp³-hybridized carbons (Fsp3) is 1.00. The van der Waals surface area contributed by atoms with Gasteiger partial charge in [0.15, 0.2) is 0 Å². The van der Waals surface area contributed by atoms with Crippen molar-refractivity contribution in [3.8, 4) is 0 Å². The third kappa shape index (κ3) is 12.1. The quantitative estimate of drug-likeness (QED) is 0.679. The van der Waals surface area contributed by atoms with Gasteiger partial charge in [0.1, 0.15) is 0 Å². The number of thioether (sulfide) groups is 1. The van der Waals surface area contributed by atoms with Crippen LogP contribution < -0.4 is 5.32 Å². The Kier molecular flexibility index (Phi) is 7.40. The van der Waals surface area contributed by atoms with Gasteiger partial charge in [-0.2, -0.15) is 13.2 Å². The average Bonchev–Trinajstić information content (AvgIpc) is 2.00. The molecule has 0 aromatic rings. The number of alkyl halides is 3. The molecule has 0 aliphatic rings. The molecule has 0 saturated heterocycles. The molecular weight excluding hydrogens is 215 g/mol. The maximum atomic E-state index is 11.6. The van der Waals surface area contributed by atoms with Crippen LogP contribution >= 0.6 is 11.8 Å². The van der Waals surface area contributed by atoms with Crippen LogP contribution in [-0.2, 0) is 4.74 Å². The van der Waals surface area contributed by atoms with Crippen molar-refractivity contribution in [2.75, 3.05) is 25.5 Å². The van der Waals surface area contributed by atoms with Crippen molar-refractivity contribution in [3.63, 3.8) is 0 Å². The molecule has 0 aliphatic carbocycles. The molecule has 0 amide bonds. The molecule has 0 aliphatic heterocycles. The summed E-state index contributed by atoms with van der Waals surface area (Å²) in [6.45, 7) is 5.27. The SMILES string of the molecule is CC(C)NCCOCCSC(F)(F)F. The summed E-state index contributed by atoms with van der Waals surface area (Å²) in [5, 5.41) is 3.10. The molecule has 0 saturated carbocycles. The van der Waals surface area contributed by atoms with Crippen molar-refractivity contribution in [3.05, 3.63) is 0 Å². The highest BCUT2D eigenvalue weighted by molar-refractivity contribution is 8.00. The number of ether oxygens (including phenoxy) is 1. The highest BCUT2D eigenvalue weighted by Gasteiger charge is 2.27. The molecule has 0 spiro atoms. The van der Waals surface area contributed by atoms with E-state index in [1.54, 1.807) is 0 Å². The van der Waals surface area contributed by atoms with Gasteiger partial charge in [-0.05, 0) is 11.8 Å². The number of hydrogen-bond donors (Lipinski definition) is 1. The van der Waals surface area contributed by atoms with E-state index in [-0.39, 0.29) is 24.1 Å². The van der Waals surface area contributed by atoms with Crippen LogP contribution in [0.25, 0.3) is 0 Å². The molecule has 0 radical (unpaired) electrons. The van der Waals surface area contributed by atoms with E-state index in [9.17, 15) is 13.2 Å². The average molecular weight is 231 g/mol. The summed E-state index contributed by atoms with van der Waals surface area (Å²) in [5.41, 5.74) is -4.14. The van der Waals surface area contributed by atoms with Crippen molar-refractivity contribution < 1.29 is 17.9 Å². The molecule has 6 heteroatoms. The first-order chi connectivity index (χ1) is 6.42. The van der Waals surface area contributed by atoms with Gasteiger partial charge in [-0.15, -0.1) is 0 Å². The van der Waals surface area contributed by atoms with E-state index in [2.05, 4.69) is 5.32 Å². The highest BCUT2D eigenvalue weighted by atomic mass is 32.2. The summed E-state index contributed by atoms with van der Waals surface area (Å²) in [7, 11) is 0. The van der Waals surface area contributed by atoms with E-state index in [1.165, 1.54) is 0 Å². The van der Waals surface area contributed by atoms with Gasteiger partial charge in [0.2, 0.25) is 0 Å². The Morgan fingerprint density at radius 1 is 1.29 bits per heavy atom. The van der Waals surface area contributed by atoms with Crippen LogP contribution in [0, 0.1) is 0 Å². The fourth-order valence-electron chi connectivity index (χ4n) is 0.738. The molecule has 2 nitrogen and oxygen atoms in total. The molecule has 0 atom stereocenters.